The van der Waals surface area contributed by atoms with E-state index in [4.69, 9.17) is 16.3 Å². The molecule has 2 rings (SSSR count). The van der Waals surface area contributed by atoms with E-state index in [-0.39, 0.29) is 17.7 Å². The Bertz CT molecular complexity index is 484. The lowest BCUT2D eigenvalue weighted by Crippen LogP contribution is -2.46. The summed E-state index contributed by atoms with van der Waals surface area (Å²) in [6.07, 6.45) is 0.706. The van der Waals surface area contributed by atoms with Crippen LogP contribution in [0.1, 0.15) is 19.4 Å². The van der Waals surface area contributed by atoms with Gasteiger partial charge in [-0.2, -0.15) is 0 Å². The molecule has 1 fully saturated rings. The highest BCUT2D eigenvalue weighted by atomic mass is 35.5. The maximum absolute atomic E-state index is 12.5. The second kappa shape index (κ2) is 9.38. The molecule has 0 radical (unpaired) electrons. The molecule has 23 heavy (non-hydrogen) atoms. The van der Waals surface area contributed by atoms with Crippen molar-refractivity contribution in [1.29, 1.82) is 0 Å². The van der Waals surface area contributed by atoms with Crippen molar-refractivity contribution in [2.24, 2.45) is 5.92 Å². The van der Waals surface area contributed by atoms with Gasteiger partial charge in [-0.1, -0.05) is 37.6 Å². The molecule has 0 aliphatic carbocycles. The van der Waals surface area contributed by atoms with Crippen LogP contribution in [0.15, 0.2) is 24.3 Å². The van der Waals surface area contributed by atoms with E-state index in [9.17, 15) is 4.79 Å². The Labute approximate surface area is 144 Å². The number of carbonyl (C=O) groups excluding carboxylic acids is 1. The molecular formula is C18H27ClN2O2. The SMILES string of the molecule is CC(C)C(=O)[C@@H](Cc1ccc(Cl)cc1)NCCN1CCOCC1. The topological polar surface area (TPSA) is 41.6 Å². The third kappa shape index (κ3) is 6.22. The molecule has 0 amide bonds. The Morgan fingerprint density at radius 3 is 2.52 bits per heavy atom. The highest BCUT2D eigenvalue weighted by Crippen LogP contribution is 2.13. The highest BCUT2D eigenvalue weighted by molar-refractivity contribution is 6.30. The van der Waals surface area contributed by atoms with E-state index in [1.54, 1.807) is 0 Å². The van der Waals surface area contributed by atoms with Crippen LogP contribution in [0, 0.1) is 5.92 Å². The molecule has 0 spiro atoms. The predicted molar refractivity (Wildman–Crippen MR) is 94.1 cm³/mol. The lowest BCUT2D eigenvalue weighted by atomic mass is 9.95. The Hall–Kier alpha value is -0.940. The van der Waals surface area contributed by atoms with E-state index in [1.165, 1.54) is 0 Å². The fourth-order valence-electron chi connectivity index (χ4n) is 2.75. The number of ketones is 1. The molecule has 1 N–H and O–H groups in total. The molecule has 0 unspecified atom stereocenters. The fourth-order valence-corrected chi connectivity index (χ4v) is 2.88. The number of benzene rings is 1. The van der Waals surface area contributed by atoms with Gasteiger partial charge in [0.2, 0.25) is 0 Å². The summed E-state index contributed by atoms with van der Waals surface area (Å²) in [6, 6.07) is 7.60. The summed E-state index contributed by atoms with van der Waals surface area (Å²) in [5.41, 5.74) is 1.13. The Kier molecular flexibility index (Phi) is 7.50. The number of ether oxygens (including phenoxy) is 1. The van der Waals surface area contributed by atoms with E-state index >= 15 is 0 Å². The van der Waals surface area contributed by atoms with Gasteiger partial charge in [0.15, 0.2) is 5.78 Å². The lowest BCUT2D eigenvalue weighted by Gasteiger charge is -2.28. The highest BCUT2D eigenvalue weighted by Gasteiger charge is 2.21. The van der Waals surface area contributed by atoms with Gasteiger partial charge in [0, 0.05) is 37.1 Å². The number of Topliss-reactive ketones (excluding diaryl/α,β-unsaturated/α-hetero) is 1. The van der Waals surface area contributed by atoms with Gasteiger partial charge in [-0.25, -0.2) is 0 Å². The third-order valence-electron chi connectivity index (χ3n) is 4.19. The largest absolute Gasteiger partial charge is 0.379 e. The first kappa shape index (κ1) is 18.4. The number of hydrogen-bond donors (Lipinski definition) is 1. The quantitative estimate of drug-likeness (QED) is 0.790. The minimum absolute atomic E-state index is 0.0307. The molecular weight excluding hydrogens is 312 g/mol. The second-order valence-corrected chi connectivity index (χ2v) is 6.78. The Morgan fingerprint density at radius 1 is 1.26 bits per heavy atom. The van der Waals surface area contributed by atoms with Crippen LogP contribution in [0.2, 0.25) is 5.02 Å². The minimum atomic E-state index is -0.141. The summed E-state index contributed by atoms with van der Waals surface area (Å²) in [5.74, 6) is 0.296. The average molecular weight is 339 g/mol. The number of rotatable bonds is 8. The molecule has 4 nitrogen and oxygen atoms in total. The van der Waals surface area contributed by atoms with Crippen molar-refractivity contribution in [2.75, 3.05) is 39.4 Å². The first-order chi connectivity index (χ1) is 11.1. The Balaban J connectivity index is 1.88. The van der Waals surface area contributed by atoms with Crippen molar-refractivity contribution in [2.45, 2.75) is 26.3 Å². The second-order valence-electron chi connectivity index (χ2n) is 6.35. The number of morpholine rings is 1. The van der Waals surface area contributed by atoms with Crippen LogP contribution in [0.3, 0.4) is 0 Å². The molecule has 1 aliphatic heterocycles. The van der Waals surface area contributed by atoms with Gasteiger partial charge >= 0.3 is 0 Å². The van der Waals surface area contributed by atoms with Crippen LogP contribution in [-0.4, -0.2) is 56.1 Å². The molecule has 1 aromatic rings. The minimum Gasteiger partial charge on any atom is -0.379 e. The van der Waals surface area contributed by atoms with Crippen LogP contribution in [0.5, 0.6) is 0 Å². The van der Waals surface area contributed by atoms with Crippen LogP contribution in [-0.2, 0) is 16.0 Å². The van der Waals surface area contributed by atoms with E-state index in [0.29, 0.717) is 6.42 Å². The number of carbonyl (C=O) groups is 1. The number of nitrogens with one attached hydrogen (secondary N) is 1. The van der Waals surface area contributed by atoms with Gasteiger partial charge in [0.05, 0.1) is 19.3 Å². The first-order valence-electron chi connectivity index (χ1n) is 8.38. The van der Waals surface area contributed by atoms with Crippen LogP contribution < -0.4 is 5.32 Å². The summed E-state index contributed by atoms with van der Waals surface area (Å²) in [6.45, 7) is 9.24. The zero-order chi connectivity index (χ0) is 16.7. The summed E-state index contributed by atoms with van der Waals surface area (Å²) in [5, 5.41) is 4.17. The van der Waals surface area contributed by atoms with Crippen molar-refractivity contribution < 1.29 is 9.53 Å². The Morgan fingerprint density at radius 2 is 1.91 bits per heavy atom. The average Bonchev–Trinajstić information content (AvgIpc) is 2.56. The van der Waals surface area contributed by atoms with Crippen molar-refractivity contribution >= 4 is 17.4 Å². The van der Waals surface area contributed by atoms with Crippen molar-refractivity contribution in [3.8, 4) is 0 Å². The zero-order valence-corrected chi connectivity index (χ0v) is 14.8. The monoisotopic (exact) mass is 338 g/mol. The number of halogens is 1. The maximum atomic E-state index is 12.5. The summed E-state index contributed by atoms with van der Waals surface area (Å²) < 4.78 is 5.36. The van der Waals surface area contributed by atoms with Gasteiger partial charge in [0.1, 0.15) is 0 Å². The predicted octanol–water partition coefficient (Wildman–Crippen LogP) is 2.40. The lowest BCUT2D eigenvalue weighted by molar-refractivity contribution is -0.124. The van der Waals surface area contributed by atoms with Crippen LogP contribution in [0.25, 0.3) is 0 Å². The van der Waals surface area contributed by atoms with E-state index < -0.39 is 0 Å². The summed E-state index contributed by atoms with van der Waals surface area (Å²) in [7, 11) is 0. The number of nitrogens with zero attached hydrogens (tertiary/aromatic N) is 1. The molecule has 1 aliphatic rings. The molecule has 5 heteroatoms. The maximum Gasteiger partial charge on any atom is 0.152 e. The zero-order valence-electron chi connectivity index (χ0n) is 14.1. The molecule has 0 bridgehead atoms. The van der Waals surface area contributed by atoms with Gasteiger partial charge < -0.3 is 10.1 Å². The van der Waals surface area contributed by atoms with Crippen molar-refractivity contribution in [3.05, 3.63) is 34.9 Å². The standard InChI is InChI=1S/C18H27ClN2O2/c1-14(2)18(22)17(13-15-3-5-16(19)6-4-15)20-7-8-21-9-11-23-12-10-21/h3-6,14,17,20H,7-13H2,1-2H3/t17-/m1/s1. The fraction of sp³-hybridized carbons (Fsp3) is 0.611. The van der Waals surface area contributed by atoms with Gasteiger partial charge in [-0.15, -0.1) is 0 Å². The molecule has 0 aromatic heterocycles. The van der Waals surface area contributed by atoms with E-state index in [2.05, 4.69) is 10.2 Å². The molecule has 0 saturated carbocycles. The van der Waals surface area contributed by atoms with Crippen molar-refractivity contribution in [3.63, 3.8) is 0 Å². The molecule has 128 valence electrons. The van der Waals surface area contributed by atoms with Gasteiger partial charge in [-0.3, -0.25) is 9.69 Å². The van der Waals surface area contributed by atoms with Crippen molar-refractivity contribution in [1.82, 2.24) is 10.2 Å². The number of hydrogen-bond acceptors (Lipinski definition) is 4. The summed E-state index contributed by atoms with van der Waals surface area (Å²) in [4.78, 5) is 14.8. The molecule has 1 aromatic carbocycles. The van der Waals surface area contributed by atoms with Crippen LogP contribution in [0.4, 0.5) is 0 Å². The van der Waals surface area contributed by atoms with Crippen LogP contribution >= 0.6 is 11.6 Å². The normalized spacial score (nSPS) is 17.4. The van der Waals surface area contributed by atoms with E-state index in [1.807, 2.05) is 38.1 Å². The molecule has 1 saturated heterocycles. The van der Waals surface area contributed by atoms with E-state index in [0.717, 1.165) is 50.0 Å². The smallest absolute Gasteiger partial charge is 0.152 e. The third-order valence-corrected chi connectivity index (χ3v) is 4.44. The van der Waals surface area contributed by atoms with Gasteiger partial charge in [0.25, 0.3) is 0 Å². The first-order valence-corrected chi connectivity index (χ1v) is 8.75. The summed E-state index contributed by atoms with van der Waals surface area (Å²) >= 11 is 5.93. The molecule has 1 heterocycles. The van der Waals surface area contributed by atoms with Gasteiger partial charge in [-0.05, 0) is 24.1 Å². The molecule has 1 atom stereocenters.